The van der Waals surface area contributed by atoms with E-state index in [2.05, 4.69) is 0 Å². The van der Waals surface area contributed by atoms with E-state index >= 15 is 0 Å². The molecule has 1 aliphatic carbocycles. The molecule has 3 unspecified atom stereocenters. The zero-order valence-corrected chi connectivity index (χ0v) is 14.2. The van der Waals surface area contributed by atoms with Crippen LogP contribution in [-0.4, -0.2) is 49.2 Å². The lowest BCUT2D eigenvalue weighted by atomic mass is 9.90. The molecule has 130 valence electrons. The molecule has 0 spiro atoms. The maximum atomic E-state index is 12.7. The van der Waals surface area contributed by atoms with Gasteiger partial charge in [-0.3, -0.25) is 9.59 Å². The van der Waals surface area contributed by atoms with E-state index in [1.54, 1.807) is 26.0 Å². The number of carbonyl (C=O) groups is 2. The Labute approximate surface area is 141 Å². The Kier molecular flexibility index (Phi) is 4.15. The third-order valence-corrected chi connectivity index (χ3v) is 5.25. The van der Waals surface area contributed by atoms with Gasteiger partial charge < -0.3 is 19.5 Å². The van der Waals surface area contributed by atoms with Crippen LogP contribution < -0.4 is 9.47 Å². The third-order valence-electron chi connectivity index (χ3n) is 5.25. The molecule has 24 heavy (non-hydrogen) atoms. The van der Waals surface area contributed by atoms with Gasteiger partial charge >= 0.3 is 5.97 Å². The normalized spacial score (nSPS) is 28.5. The lowest BCUT2D eigenvalue weighted by molar-refractivity contribution is -0.147. The number of amides is 1. The molecule has 3 rings (SSSR count). The molecule has 2 aliphatic rings. The summed E-state index contributed by atoms with van der Waals surface area (Å²) in [7, 11) is 3.22. The van der Waals surface area contributed by atoms with E-state index in [9.17, 15) is 14.7 Å². The maximum absolute atomic E-state index is 12.7. The average Bonchev–Trinajstić information content (AvgIpc) is 3.28. The van der Waals surface area contributed by atoms with E-state index in [0.717, 1.165) is 23.5 Å². The quantitative estimate of drug-likeness (QED) is 0.893. The minimum atomic E-state index is -0.834. The highest BCUT2D eigenvalue weighted by molar-refractivity contribution is 5.85. The summed E-state index contributed by atoms with van der Waals surface area (Å²) in [5.41, 5.74) is 0.156. The summed E-state index contributed by atoms with van der Waals surface area (Å²) < 4.78 is 10.7. The van der Waals surface area contributed by atoms with Gasteiger partial charge in [-0.2, -0.15) is 0 Å². The number of rotatable bonds is 5. The first-order chi connectivity index (χ1) is 11.4. The van der Waals surface area contributed by atoms with Crippen molar-refractivity contribution in [3.63, 3.8) is 0 Å². The summed E-state index contributed by atoms with van der Waals surface area (Å²) >= 11 is 0. The second kappa shape index (κ2) is 6.00. The molecule has 3 atom stereocenters. The second-order valence-corrected chi connectivity index (χ2v) is 6.93. The van der Waals surface area contributed by atoms with E-state index in [0.29, 0.717) is 19.5 Å². The number of nitrogens with zero attached hydrogens (tertiary/aromatic N) is 1. The summed E-state index contributed by atoms with van der Waals surface area (Å²) in [5.74, 6) is 0.729. The maximum Gasteiger partial charge on any atom is 0.311 e. The fourth-order valence-electron chi connectivity index (χ4n) is 3.50. The monoisotopic (exact) mass is 333 g/mol. The van der Waals surface area contributed by atoms with Crippen LogP contribution in [0.3, 0.4) is 0 Å². The van der Waals surface area contributed by atoms with Gasteiger partial charge in [-0.15, -0.1) is 0 Å². The fourth-order valence-corrected chi connectivity index (χ4v) is 3.50. The number of hydrogen-bond donors (Lipinski definition) is 1. The minimum Gasteiger partial charge on any atom is -0.497 e. The van der Waals surface area contributed by atoms with Crippen molar-refractivity contribution in [1.29, 1.82) is 0 Å². The topological polar surface area (TPSA) is 76.1 Å². The van der Waals surface area contributed by atoms with Gasteiger partial charge in [0.15, 0.2) is 0 Å². The zero-order valence-electron chi connectivity index (χ0n) is 14.2. The van der Waals surface area contributed by atoms with Gasteiger partial charge in [-0.1, -0.05) is 0 Å². The number of benzene rings is 1. The van der Waals surface area contributed by atoms with Gasteiger partial charge in [0.2, 0.25) is 5.91 Å². The van der Waals surface area contributed by atoms with Gasteiger partial charge in [0.05, 0.1) is 19.6 Å². The van der Waals surface area contributed by atoms with Crippen molar-refractivity contribution in [2.45, 2.75) is 25.7 Å². The average molecular weight is 333 g/mol. The van der Waals surface area contributed by atoms with Crippen molar-refractivity contribution in [3.05, 3.63) is 23.8 Å². The molecule has 0 bridgehead atoms. The first-order valence-electron chi connectivity index (χ1n) is 8.13. The molecule has 1 aromatic rings. The fraction of sp³-hybridized carbons (Fsp3) is 0.556. The Balaban J connectivity index is 1.72. The molecule has 2 fully saturated rings. The van der Waals surface area contributed by atoms with Gasteiger partial charge in [0, 0.05) is 30.5 Å². The van der Waals surface area contributed by atoms with Gasteiger partial charge in [0.1, 0.15) is 11.5 Å². The SMILES string of the molecule is COc1ccc(OC)c(C2CC2C(=O)N2CCC(C)(C(=O)O)C2)c1. The first-order valence-corrected chi connectivity index (χ1v) is 8.13. The smallest absolute Gasteiger partial charge is 0.311 e. The van der Waals surface area contributed by atoms with E-state index in [4.69, 9.17) is 9.47 Å². The number of aliphatic carboxylic acids is 1. The van der Waals surface area contributed by atoms with Crippen molar-refractivity contribution in [2.75, 3.05) is 27.3 Å². The molecule has 0 aromatic heterocycles. The molecule has 1 aliphatic heterocycles. The van der Waals surface area contributed by atoms with Crippen LogP contribution in [0.4, 0.5) is 0 Å². The molecular formula is C18H23NO5. The molecule has 1 N–H and O–H groups in total. The summed E-state index contributed by atoms with van der Waals surface area (Å²) in [6, 6.07) is 5.60. The summed E-state index contributed by atoms with van der Waals surface area (Å²) in [6.07, 6.45) is 1.27. The number of methoxy groups -OCH3 is 2. The number of carboxylic acids is 1. The van der Waals surface area contributed by atoms with E-state index in [-0.39, 0.29) is 17.7 Å². The van der Waals surface area contributed by atoms with E-state index < -0.39 is 11.4 Å². The van der Waals surface area contributed by atoms with Crippen LogP contribution in [0.5, 0.6) is 11.5 Å². The Morgan fingerprint density at radius 2 is 2.04 bits per heavy atom. The number of hydrogen-bond acceptors (Lipinski definition) is 4. The Bertz CT molecular complexity index is 673. The standard InChI is InChI=1S/C18H23NO5/c1-18(17(21)22)6-7-19(10-18)16(20)14-9-12(14)13-8-11(23-2)4-5-15(13)24-3/h4-5,8,12,14H,6-7,9-10H2,1-3H3,(H,21,22). The molecule has 0 radical (unpaired) electrons. The molecule has 1 saturated carbocycles. The van der Waals surface area contributed by atoms with Crippen molar-refractivity contribution in [3.8, 4) is 11.5 Å². The van der Waals surface area contributed by atoms with Crippen LogP contribution in [0.1, 0.15) is 31.2 Å². The predicted octanol–water partition coefficient (Wildman–Crippen LogP) is 2.13. The van der Waals surface area contributed by atoms with Crippen LogP contribution in [0, 0.1) is 11.3 Å². The molecular weight excluding hydrogens is 310 g/mol. The van der Waals surface area contributed by atoms with Crippen LogP contribution in [0.2, 0.25) is 0 Å². The molecule has 1 heterocycles. The van der Waals surface area contributed by atoms with Crippen molar-refractivity contribution in [1.82, 2.24) is 4.90 Å². The molecule has 1 amide bonds. The van der Waals surface area contributed by atoms with Gasteiger partial charge in [-0.25, -0.2) is 0 Å². The predicted molar refractivity (Wildman–Crippen MR) is 87.3 cm³/mol. The van der Waals surface area contributed by atoms with Crippen LogP contribution in [-0.2, 0) is 9.59 Å². The van der Waals surface area contributed by atoms with Crippen LogP contribution in [0.15, 0.2) is 18.2 Å². The van der Waals surface area contributed by atoms with Crippen LogP contribution in [0.25, 0.3) is 0 Å². The van der Waals surface area contributed by atoms with Crippen LogP contribution >= 0.6 is 0 Å². The number of carboxylic acid groups (broad SMARTS) is 1. The Morgan fingerprint density at radius 3 is 2.62 bits per heavy atom. The number of likely N-dealkylation sites (tertiary alicyclic amines) is 1. The highest BCUT2D eigenvalue weighted by Gasteiger charge is 2.50. The summed E-state index contributed by atoms with van der Waals surface area (Å²) in [4.78, 5) is 25.8. The van der Waals surface area contributed by atoms with Crippen molar-refractivity contribution < 1.29 is 24.2 Å². The summed E-state index contributed by atoms with van der Waals surface area (Å²) in [5, 5.41) is 9.31. The largest absolute Gasteiger partial charge is 0.497 e. The van der Waals surface area contributed by atoms with E-state index in [1.807, 2.05) is 18.2 Å². The third kappa shape index (κ3) is 2.81. The molecule has 6 heteroatoms. The molecule has 1 aromatic carbocycles. The summed E-state index contributed by atoms with van der Waals surface area (Å²) in [6.45, 7) is 2.51. The Hall–Kier alpha value is -2.24. The lowest BCUT2D eigenvalue weighted by Gasteiger charge is -2.20. The van der Waals surface area contributed by atoms with Gasteiger partial charge in [0.25, 0.3) is 0 Å². The number of ether oxygens (including phenoxy) is 2. The first kappa shape index (κ1) is 16.6. The number of carbonyl (C=O) groups excluding carboxylic acids is 1. The highest BCUT2D eigenvalue weighted by atomic mass is 16.5. The molecule has 6 nitrogen and oxygen atoms in total. The highest BCUT2D eigenvalue weighted by Crippen LogP contribution is 2.52. The second-order valence-electron chi connectivity index (χ2n) is 6.93. The van der Waals surface area contributed by atoms with E-state index in [1.165, 1.54) is 0 Å². The Morgan fingerprint density at radius 1 is 1.29 bits per heavy atom. The zero-order chi connectivity index (χ0) is 17.5. The van der Waals surface area contributed by atoms with Crippen molar-refractivity contribution >= 4 is 11.9 Å². The van der Waals surface area contributed by atoms with Gasteiger partial charge in [-0.05, 0) is 38.0 Å². The molecule has 1 saturated heterocycles. The lowest BCUT2D eigenvalue weighted by Crippen LogP contribution is -2.35. The van der Waals surface area contributed by atoms with Crippen molar-refractivity contribution in [2.24, 2.45) is 11.3 Å². The minimum absolute atomic E-state index is 0.0508.